The Kier molecular flexibility index (Phi) is 2.88. The summed E-state index contributed by atoms with van der Waals surface area (Å²) >= 11 is 0. The van der Waals surface area contributed by atoms with Gasteiger partial charge in [-0.2, -0.15) is 0 Å². The van der Waals surface area contributed by atoms with Crippen molar-refractivity contribution < 1.29 is 0 Å². The molecule has 74 valence electrons. The van der Waals surface area contributed by atoms with E-state index < -0.39 is 0 Å². The van der Waals surface area contributed by atoms with Gasteiger partial charge in [0.05, 0.1) is 5.69 Å². The Morgan fingerprint density at radius 3 is 2.67 bits per heavy atom. The Labute approximate surface area is 89.3 Å². The van der Waals surface area contributed by atoms with E-state index in [1.165, 1.54) is 0 Å². The van der Waals surface area contributed by atoms with Crippen LogP contribution in [0.2, 0.25) is 0 Å². The van der Waals surface area contributed by atoms with Crippen molar-refractivity contribution in [3.05, 3.63) is 59.9 Å². The molecule has 1 aromatic heterocycles. The standard InChI is InChI=1S/C13H12N2/c1-11-7-12(9-14-8-11)10-15-13-5-3-2-4-6-13/h2-10H,1H3. The molecule has 0 aliphatic heterocycles. The third-order valence-corrected chi connectivity index (χ3v) is 2.02. The van der Waals surface area contributed by atoms with Crippen LogP contribution in [0.15, 0.2) is 53.8 Å². The monoisotopic (exact) mass is 196 g/mol. The lowest BCUT2D eigenvalue weighted by Gasteiger charge is -1.94. The molecule has 0 aliphatic carbocycles. The van der Waals surface area contributed by atoms with Gasteiger partial charge in [0.2, 0.25) is 0 Å². The molecule has 0 bridgehead atoms. The molecule has 0 N–H and O–H groups in total. The first-order valence-corrected chi connectivity index (χ1v) is 4.85. The number of nitrogens with zero attached hydrogens (tertiary/aromatic N) is 2. The molecular formula is C13H12N2. The third-order valence-electron chi connectivity index (χ3n) is 2.02. The molecule has 0 amide bonds. The van der Waals surface area contributed by atoms with Gasteiger partial charge in [0.25, 0.3) is 0 Å². The van der Waals surface area contributed by atoms with Crippen LogP contribution in [0.4, 0.5) is 5.69 Å². The van der Waals surface area contributed by atoms with Crippen molar-refractivity contribution in [2.45, 2.75) is 6.92 Å². The van der Waals surface area contributed by atoms with Crippen LogP contribution in [-0.4, -0.2) is 11.2 Å². The highest BCUT2D eigenvalue weighted by atomic mass is 14.7. The number of aryl methyl sites for hydroxylation is 1. The topological polar surface area (TPSA) is 25.2 Å². The molecule has 2 heteroatoms. The Bertz CT molecular complexity index is 461. The molecule has 2 nitrogen and oxygen atoms in total. The van der Waals surface area contributed by atoms with Gasteiger partial charge in [-0.15, -0.1) is 0 Å². The van der Waals surface area contributed by atoms with Crippen LogP contribution in [0, 0.1) is 6.92 Å². The van der Waals surface area contributed by atoms with E-state index in [0.717, 1.165) is 16.8 Å². The number of rotatable bonds is 2. The highest BCUT2D eigenvalue weighted by Crippen LogP contribution is 2.09. The lowest BCUT2D eigenvalue weighted by Crippen LogP contribution is -1.84. The lowest BCUT2D eigenvalue weighted by molar-refractivity contribution is 1.26. The zero-order valence-corrected chi connectivity index (χ0v) is 8.59. The number of para-hydroxylation sites is 1. The van der Waals surface area contributed by atoms with Gasteiger partial charge in [-0.25, -0.2) is 0 Å². The molecule has 0 aliphatic rings. The van der Waals surface area contributed by atoms with Gasteiger partial charge in [-0.3, -0.25) is 9.98 Å². The Morgan fingerprint density at radius 2 is 1.93 bits per heavy atom. The highest BCUT2D eigenvalue weighted by molar-refractivity contribution is 5.81. The van der Waals surface area contributed by atoms with E-state index >= 15 is 0 Å². The van der Waals surface area contributed by atoms with Crippen molar-refractivity contribution in [2.24, 2.45) is 4.99 Å². The van der Waals surface area contributed by atoms with Gasteiger partial charge < -0.3 is 0 Å². The first kappa shape index (κ1) is 9.59. The van der Waals surface area contributed by atoms with Crippen molar-refractivity contribution in [2.75, 3.05) is 0 Å². The van der Waals surface area contributed by atoms with E-state index in [2.05, 4.69) is 16.0 Å². The van der Waals surface area contributed by atoms with E-state index in [4.69, 9.17) is 0 Å². The van der Waals surface area contributed by atoms with Crippen molar-refractivity contribution in [3.8, 4) is 0 Å². The summed E-state index contributed by atoms with van der Waals surface area (Å²) in [6.07, 6.45) is 5.47. The summed E-state index contributed by atoms with van der Waals surface area (Å²) in [5.41, 5.74) is 3.13. The molecule has 2 rings (SSSR count). The second-order valence-electron chi connectivity index (χ2n) is 3.39. The molecule has 15 heavy (non-hydrogen) atoms. The fraction of sp³-hybridized carbons (Fsp3) is 0.0769. The van der Waals surface area contributed by atoms with Gasteiger partial charge >= 0.3 is 0 Å². The van der Waals surface area contributed by atoms with Crippen LogP contribution in [0.25, 0.3) is 0 Å². The van der Waals surface area contributed by atoms with Gasteiger partial charge in [-0.05, 0) is 30.7 Å². The summed E-state index contributed by atoms with van der Waals surface area (Å²) in [6.45, 7) is 2.02. The first-order valence-electron chi connectivity index (χ1n) is 4.85. The molecule has 0 unspecified atom stereocenters. The molecule has 0 radical (unpaired) electrons. The number of benzene rings is 1. The average Bonchev–Trinajstić information content (AvgIpc) is 2.28. The number of aliphatic imine (C=N–C) groups is 1. The summed E-state index contributed by atoms with van der Waals surface area (Å²) in [5, 5.41) is 0. The predicted molar refractivity (Wildman–Crippen MR) is 62.7 cm³/mol. The molecule has 1 aromatic carbocycles. The maximum Gasteiger partial charge on any atom is 0.0629 e. The Hall–Kier alpha value is -1.96. The molecule has 0 fully saturated rings. The van der Waals surface area contributed by atoms with Gasteiger partial charge in [0.1, 0.15) is 0 Å². The van der Waals surface area contributed by atoms with Gasteiger partial charge in [0, 0.05) is 24.2 Å². The number of pyridine rings is 1. The number of hydrogen-bond donors (Lipinski definition) is 0. The molecule has 0 spiro atoms. The summed E-state index contributed by atoms with van der Waals surface area (Å²) in [7, 11) is 0. The normalized spacial score (nSPS) is 10.7. The van der Waals surface area contributed by atoms with Gasteiger partial charge in [0.15, 0.2) is 0 Å². The first-order chi connectivity index (χ1) is 7.34. The molecule has 0 atom stereocenters. The minimum Gasteiger partial charge on any atom is -0.264 e. The quantitative estimate of drug-likeness (QED) is 0.677. The fourth-order valence-electron chi connectivity index (χ4n) is 1.31. The minimum atomic E-state index is 0.957. The molecule has 2 aromatic rings. The molecule has 0 saturated carbocycles. The average molecular weight is 196 g/mol. The van der Waals surface area contributed by atoms with Gasteiger partial charge in [-0.1, -0.05) is 18.2 Å². The summed E-state index contributed by atoms with van der Waals surface area (Å²) in [6, 6.07) is 11.9. The smallest absolute Gasteiger partial charge is 0.0629 e. The van der Waals surface area contributed by atoms with Crippen molar-refractivity contribution in [1.82, 2.24) is 4.98 Å². The van der Waals surface area contributed by atoms with Crippen molar-refractivity contribution >= 4 is 11.9 Å². The number of aromatic nitrogens is 1. The van der Waals surface area contributed by atoms with E-state index in [-0.39, 0.29) is 0 Å². The predicted octanol–water partition coefficient (Wildman–Crippen LogP) is 3.14. The molecule has 0 saturated heterocycles. The van der Waals surface area contributed by atoms with Crippen LogP contribution in [0.1, 0.15) is 11.1 Å². The maximum absolute atomic E-state index is 4.35. The molecule has 1 heterocycles. The zero-order valence-electron chi connectivity index (χ0n) is 8.59. The Balaban J connectivity index is 2.19. The van der Waals surface area contributed by atoms with E-state index in [0.29, 0.717) is 0 Å². The van der Waals surface area contributed by atoms with Crippen LogP contribution in [0.3, 0.4) is 0 Å². The highest BCUT2D eigenvalue weighted by Gasteiger charge is 1.89. The van der Waals surface area contributed by atoms with E-state index in [1.54, 1.807) is 6.20 Å². The minimum absolute atomic E-state index is 0.957. The fourth-order valence-corrected chi connectivity index (χ4v) is 1.31. The molecular weight excluding hydrogens is 184 g/mol. The summed E-state index contributed by atoms with van der Waals surface area (Å²) in [4.78, 5) is 8.46. The zero-order chi connectivity index (χ0) is 10.5. The largest absolute Gasteiger partial charge is 0.264 e. The lowest BCUT2D eigenvalue weighted by atomic mass is 10.2. The summed E-state index contributed by atoms with van der Waals surface area (Å²) < 4.78 is 0. The van der Waals surface area contributed by atoms with Crippen LogP contribution in [-0.2, 0) is 0 Å². The number of hydrogen-bond acceptors (Lipinski definition) is 2. The maximum atomic E-state index is 4.35. The van der Waals surface area contributed by atoms with Crippen LogP contribution < -0.4 is 0 Å². The van der Waals surface area contributed by atoms with Crippen LogP contribution in [0.5, 0.6) is 0 Å². The van der Waals surface area contributed by atoms with E-state index in [9.17, 15) is 0 Å². The van der Waals surface area contributed by atoms with E-state index in [1.807, 2.05) is 49.7 Å². The second-order valence-corrected chi connectivity index (χ2v) is 3.39. The van der Waals surface area contributed by atoms with Crippen LogP contribution >= 0.6 is 0 Å². The second kappa shape index (κ2) is 4.51. The SMILES string of the molecule is Cc1cncc(C=Nc2ccccc2)c1. The third kappa shape index (κ3) is 2.74. The van der Waals surface area contributed by atoms with Crippen molar-refractivity contribution in [1.29, 1.82) is 0 Å². The Morgan fingerprint density at radius 1 is 1.13 bits per heavy atom. The van der Waals surface area contributed by atoms with Crippen molar-refractivity contribution in [3.63, 3.8) is 0 Å². The summed E-state index contributed by atoms with van der Waals surface area (Å²) in [5.74, 6) is 0.